The van der Waals surface area contributed by atoms with Gasteiger partial charge in [-0.2, -0.15) is 0 Å². The molecule has 0 aliphatic heterocycles. The normalized spacial score (nSPS) is 10.3. The summed E-state index contributed by atoms with van der Waals surface area (Å²) in [5.74, 6) is 0. The Labute approximate surface area is 78.2 Å². The summed E-state index contributed by atoms with van der Waals surface area (Å²) in [5, 5.41) is 17.9. The number of rotatable bonds is 1. The largest absolute Gasteiger partial charge is 0.489 e. The Balaban J connectivity index is 3.22. The maximum absolute atomic E-state index is 8.94. The van der Waals surface area contributed by atoms with Crippen LogP contribution in [0.3, 0.4) is 0 Å². The van der Waals surface area contributed by atoms with Crippen molar-refractivity contribution in [2.75, 3.05) is 0 Å². The van der Waals surface area contributed by atoms with Gasteiger partial charge in [-0.1, -0.05) is 0 Å². The standard InChI is InChI=1S/C6H8BBrO2S/c1-3-5(7(9)10)4(2)11-6(3)8/h9-10H,1-2H3. The van der Waals surface area contributed by atoms with E-state index in [0.29, 0.717) is 5.46 Å². The highest BCUT2D eigenvalue weighted by atomic mass is 79.9. The molecule has 0 bridgehead atoms. The highest BCUT2D eigenvalue weighted by Gasteiger charge is 2.20. The van der Waals surface area contributed by atoms with E-state index in [2.05, 4.69) is 15.9 Å². The van der Waals surface area contributed by atoms with E-state index < -0.39 is 7.12 Å². The van der Waals surface area contributed by atoms with Crippen LogP contribution in [0.5, 0.6) is 0 Å². The maximum Gasteiger partial charge on any atom is 0.489 e. The molecule has 0 spiro atoms. The molecule has 0 amide bonds. The molecule has 11 heavy (non-hydrogen) atoms. The van der Waals surface area contributed by atoms with Crippen LogP contribution in [-0.4, -0.2) is 17.2 Å². The Morgan fingerprint density at radius 1 is 1.36 bits per heavy atom. The van der Waals surface area contributed by atoms with Gasteiger partial charge < -0.3 is 10.0 Å². The molecule has 1 heterocycles. The van der Waals surface area contributed by atoms with E-state index in [0.717, 1.165) is 14.2 Å². The van der Waals surface area contributed by atoms with Crippen LogP contribution < -0.4 is 5.46 Å². The SMILES string of the molecule is Cc1sc(Br)c(C)c1B(O)O. The summed E-state index contributed by atoms with van der Waals surface area (Å²) in [5.41, 5.74) is 1.55. The van der Waals surface area contributed by atoms with Gasteiger partial charge in [0, 0.05) is 4.88 Å². The van der Waals surface area contributed by atoms with Gasteiger partial charge in [-0.3, -0.25) is 0 Å². The van der Waals surface area contributed by atoms with Crippen molar-refractivity contribution < 1.29 is 10.0 Å². The van der Waals surface area contributed by atoms with Crippen molar-refractivity contribution in [3.8, 4) is 0 Å². The highest BCUT2D eigenvalue weighted by molar-refractivity contribution is 9.11. The third-order valence-electron chi connectivity index (χ3n) is 1.58. The molecule has 60 valence electrons. The van der Waals surface area contributed by atoms with E-state index in [-0.39, 0.29) is 0 Å². The molecule has 1 aromatic heterocycles. The minimum absolute atomic E-state index is 0.627. The minimum Gasteiger partial charge on any atom is -0.423 e. The van der Waals surface area contributed by atoms with Crippen LogP contribution in [0.4, 0.5) is 0 Å². The molecular formula is C6H8BBrO2S. The van der Waals surface area contributed by atoms with E-state index in [9.17, 15) is 0 Å². The lowest BCUT2D eigenvalue weighted by Crippen LogP contribution is -2.32. The summed E-state index contributed by atoms with van der Waals surface area (Å²) in [6.45, 7) is 3.74. The fourth-order valence-electron chi connectivity index (χ4n) is 1.01. The Bertz CT molecular complexity index is 272. The van der Waals surface area contributed by atoms with Gasteiger partial charge in [0.1, 0.15) is 0 Å². The summed E-state index contributed by atoms with van der Waals surface area (Å²) < 4.78 is 0.970. The number of hydrogen-bond donors (Lipinski definition) is 2. The van der Waals surface area contributed by atoms with Crippen LogP contribution in [0.2, 0.25) is 0 Å². The Hall–Kier alpha value is 0.165. The minimum atomic E-state index is -1.35. The highest BCUT2D eigenvalue weighted by Crippen LogP contribution is 2.24. The molecule has 2 N–H and O–H groups in total. The summed E-state index contributed by atoms with van der Waals surface area (Å²) in [4.78, 5) is 0.948. The summed E-state index contributed by atoms with van der Waals surface area (Å²) >= 11 is 4.85. The van der Waals surface area contributed by atoms with Gasteiger partial charge in [0.05, 0.1) is 3.79 Å². The first-order valence-corrected chi connectivity index (χ1v) is 4.76. The van der Waals surface area contributed by atoms with Crippen LogP contribution in [0.1, 0.15) is 10.4 Å². The molecule has 0 aromatic carbocycles. The van der Waals surface area contributed by atoms with Crippen molar-refractivity contribution in [2.45, 2.75) is 13.8 Å². The van der Waals surface area contributed by atoms with Gasteiger partial charge in [0.15, 0.2) is 0 Å². The first kappa shape index (κ1) is 9.25. The monoisotopic (exact) mass is 234 g/mol. The summed E-state index contributed by atoms with van der Waals surface area (Å²) in [6, 6.07) is 0. The molecule has 0 unspecified atom stereocenters. The number of aryl methyl sites for hydroxylation is 1. The molecule has 1 rings (SSSR count). The molecular weight excluding hydrogens is 227 g/mol. The first-order valence-electron chi connectivity index (χ1n) is 3.15. The maximum atomic E-state index is 8.94. The predicted molar refractivity (Wildman–Crippen MR) is 51.3 cm³/mol. The molecule has 0 saturated carbocycles. The van der Waals surface area contributed by atoms with E-state index in [1.807, 2.05) is 13.8 Å². The quantitative estimate of drug-likeness (QED) is 0.707. The van der Waals surface area contributed by atoms with Gasteiger partial charge in [-0.15, -0.1) is 11.3 Å². The molecule has 0 aliphatic carbocycles. The third-order valence-corrected chi connectivity index (χ3v) is 3.67. The first-order chi connectivity index (χ1) is 5.04. The van der Waals surface area contributed by atoms with E-state index >= 15 is 0 Å². The zero-order valence-corrected chi connectivity index (χ0v) is 8.66. The van der Waals surface area contributed by atoms with Crippen LogP contribution in [0, 0.1) is 13.8 Å². The molecule has 0 aliphatic rings. The van der Waals surface area contributed by atoms with E-state index in [4.69, 9.17) is 10.0 Å². The topological polar surface area (TPSA) is 40.5 Å². The second kappa shape index (κ2) is 3.27. The van der Waals surface area contributed by atoms with E-state index in [1.165, 1.54) is 11.3 Å². The Morgan fingerprint density at radius 3 is 2.09 bits per heavy atom. The van der Waals surface area contributed by atoms with Crippen molar-refractivity contribution in [3.63, 3.8) is 0 Å². The van der Waals surface area contributed by atoms with Gasteiger partial charge >= 0.3 is 7.12 Å². The van der Waals surface area contributed by atoms with Gasteiger partial charge in [-0.05, 0) is 40.8 Å². The van der Waals surface area contributed by atoms with Gasteiger partial charge in [0.25, 0.3) is 0 Å². The fraction of sp³-hybridized carbons (Fsp3) is 0.333. The van der Waals surface area contributed by atoms with Crippen molar-refractivity contribution in [1.29, 1.82) is 0 Å². The lowest BCUT2D eigenvalue weighted by atomic mass is 9.78. The van der Waals surface area contributed by atoms with Crippen LogP contribution in [-0.2, 0) is 0 Å². The van der Waals surface area contributed by atoms with Crippen molar-refractivity contribution >= 4 is 39.8 Å². The summed E-state index contributed by atoms with van der Waals surface area (Å²) in [6.07, 6.45) is 0. The fourth-order valence-corrected chi connectivity index (χ4v) is 2.85. The Morgan fingerprint density at radius 2 is 1.91 bits per heavy atom. The molecule has 0 saturated heterocycles. The number of hydrogen-bond acceptors (Lipinski definition) is 3. The zero-order chi connectivity index (χ0) is 8.59. The van der Waals surface area contributed by atoms with Crippen LogP contribution in [0.15, 0.2) is 3.79 Å². The molecule has 5 heteroatoms. The second-order valence-corrected chi connectivity index (χ2v) is 4.89. The molecule has 0 radical (unpaired) electrons. The second-order valence-electron chi connectivity index (χ2n) is 2.34. The summed E-state index contributed by atoms with van der Waals surface area (Å²) in [7, 11) is -1.35. The smallest absolute Gasteiger partial charge is 0.423 e. The van der Waals surface area contributed by atoms with E-state index in [1.54, 1.807) is 0 Å². The van der Waals surface area contributed by atoms with Crippen LogP contribution >= 0.6 is 27.3 Å². The third kappa shape index (κ3) is 1.67. The van der Waals surface area contributed by atoms with Crippen molar-refractivity contribution in [1.82, 2.24) is 0 Å². The Kier molecular flexibility index (Phi) is 2.75. The average Bonchev–Trinajstić information content (AvgIpc) is 2.07. The number of thiophene rings is 1. The van der Waals surface area contributed by atoms with Gasteiger partial charge in [0.2, 0.25) is 0 Å². The van der Waals surface area contributed by atoms with Crippen LogP contribution in [0.25, 0.3) is 0 Å². The zero-order valence-electron chi connectivity index (χ0n) is 6.26. The molecule has 0 fully saturated rings. The average molecular weight is 235 g/mol. The predicted octanol–water partition coefficient (Wildman–Crippen LogP) is 0.807. The van der Waals surface area contributed by atoms with Crippen molar-refractivity contribution in [3.05, 3.63) is 14.2 Å². The van der Waals surface area contributed by atoms with Crippen molar-refractivity contribution in [2.24, 2.45) is 0 Å². The van der Waals surface area contributed by atoms with Gasteiger partial charge in [-0.25, -0.2) is 0 Å². The number of halogens is 1. The molecule has 0 atom stereocenters. The lowest BCUT2D eigenvalue weighted by Gasteiger charge is -1.98. The lowest BCUT2D eigenvalue weighted by molar-refractivity contribution is 0.425. The molecule has 1 aromatic rings. The molecule has 2 nitrogen and oxygen atoms in total.